The molecule has 2 atom stereocenters. The summed E-state index contributed by atoms with van der Waals surface area (Å²) in [6, 6.07) is 0.448. The zero-order valence-electron chi connectivity index (χ0n) is 11.3. The number of carbonyl (C=O) groups is 1. The number of piperidine rings is 1. The van der Waals surface area contributed by atoms with Crippen LogP contribution in [0.1, 0.15) is 32.3 Å². The number of carboxylic acids is 1. The largest absolute Gasteiger partial charge is 0.478 e. The maximum Gasteiger partial charge on any atom is 0.328 e. The Morgan fingerprint density at radius 3 is 2.68 bits per heavy atom. The number of carboxylic acid groups (broad SMARTS) is 1. The van der Waals surface area contributed by atoms with Crippen molar-refractivity contribution in [2.24, 2.45) is 5.92 Å². The predicted molar refractivity (Wildman–Crippen MR) is 73.9 cm³/mol. The van der Waals surface area contributed by atoms with Crippen LogP contribution in [0.15, 0.2) is 18.5 Å². The van der Waals surface area contributed by atoms with Crippen molar-refractivity contribution in [1.82, 2.24) is 9.97 Å². The smallest absolute Gasteiger partial charge is 0.328 e. The third-order valence-electron chi connectivity index (χ3n) is 3.47. The number of aliphatic carboxylic acids is 1. The molecule has 1 fully saturated rings. The standard InChI is InChI=1S/C14H19N3O2/c1-10-5-6-17(11(2)7-10)14-15-8-12(9-16-14)3-4-13(18)19/h3-4,8-11H,5-7H2,1-2H3,(H,18,19)/b4-3+. The van der Waals surface area contributed by atoms with E-state index in [1.165, 1.54) is 6.08 Å². The molecule has 5 heteroatoms. The van der Waals surface area contributed by atoms with Gasteiger partial charge < -0.3 is 10.0 Å². The molecule has 1 aliphatic rings. The SMILES string of the molecule is CC1CCN(c2ncc(/C=C/C(=O)O)cn2)C(C)C1. The Morgan fingerprint density at radius 2 is 2.11 bits per heavy atom. The van der Waals surface area contributed by atoms with Crippen molar-refractivity contribution in [1.29, 1.82) is 0 Å². The monoisotopic (exact) mass is 261 g/mol. The molecule has 1 aliphatic heterocycles. The van der Waals surface area contributed by atoms with Crippen LogP contribution in [0.2, 0.25) is 0 Å². The van der Waals surface area contributed by atoms with E-state index in [1.54, 1.807) is 12.4 Å². The Kier molecular flexibility index (Phi) is 4.14. The normalized spacial score (nSPS) is 23.8. The van der Waals surface area contributed by atoms with E-state index in [4.69, 9.17) is 5.11 Å². The Morgan fingerprint density at radius 1 is 1.42 bits per heavy atom. The van der Waals surface area contributed by atoms with Gasteiger partial charge >= 0.3 is 5.97 Å². The summed E-state index contributed by atoms with van der Waals surface area (Å²) in [5.74, 6) is 0.513. The average Bonchev–Trinajstić information content (AvgIpc) is 2.37. The molecule has 102 valence electrons. The van der Waals surface area contributed by atoms with E-state index in [0.717, 1.165) is 37.3 Å². The maximum absolute atomic E-state index is 10.4. The van der Waals surface area contributed by atoms with Gasteiger partial charge in [0, 0.05) is 36.6 Å². The van der Waals surface area contributed by atoms with E-state index in [-0.39, 0.29) is 0 Å². The maximum atomic E-state index is 10.4. The zero-order valence-corrected chi connectivity index (χ0v) is 11.3. The van der Waals surface area contributed by atoms with Crippen molar-refractivity contribution < 1.29 is 9.90 Å². The van der Waals surface area contributed by atoms with Crippen LogP contribution in [0, 0.1) is 5.92 Å². The van der Waals surface area contributed by atoms with Crippen molar-refractivity contribution in [3.63, 3.8) is 0 Å². The van der Waals surface area contributed by atoms with Gasteiger partial charge in [-0.05, 0) is 31.8 Å². The molecule has 0 amide bonds. The van der Waals surface area contributed by atoms with Crippen LogP contribution in [0.3, 0.4) is 0 Å². The number of rotatable bonds is 3. The van der Waals surface area contributed by atoms with Gasteiger partial charge in [0.2, 0.25) is 5.95 Å². The van der Waals surface area contributed by atoms with Crippen molar-refractivity contribution in [3.8, 4) is 0 Å². The van der Waals surface area contributed by atoms with Crippen LogP contribution in [0.4, 0.5) is 5.95 Å². The highest BCUT2D eigenvalue weighted by Crippen LogP contribution is 2.25. The van der Waals surface area contributed by atoms with E-state index in [1.807, 2.05) is 0 Å². The van der Waals surface area contributed by atoms with E-state index >= 15 is 0 Å². The van der Waals surface area contributed by atoms with Gasteiger partial charge in [0.1, 0.15) is 0 Å². The quantitative estimate of drug-likeness (QED) is 0.845. The molecule has 0 saturated carbocycles. The fourth-order valence-electron chi connectivity index (χ4n) is 2.44. The van der Waals surface area contributed by atoms with Crippen molar-refractivity contribution in [2.45, 2.75) is 32.7 Å². The molecule has 2 rings (SSSR count). The van der Waals surface area contributed by atoms with Gasteiger partial charge in [-0.15, -0.1) is 0 Å². The summed E-state index contributed by atoms with van der Waals surface area (Å²) in [7, 11) is 0. The molecule has 0 bridgehead atoms. The molecule has 1 aromatic heterocycles. The van der Waals surface area contributed by atoms with Crippen molar-refractivity contribution in [3.05, 3.63) is 24.0 Å². The van der Waals surface area contributed by atoms with Crippen LogP contribution in [0.5, 0.6) is 0 Å². The first-order valence-corrected chi connectivity index (χ1v) is 6.56. The van der Waals surface area contributed by atoms with Gasteiger partial charge in [0.25, 0.3) is 0 Å². The summed E-state index contributed by atoms with van der Waals surface area (Å²) in [6.45, 7) is 5.44. The highest BCUT2D eigenvalue weighted by molar-refractivity contribution is 5.85. The highest BCUT2D eigenvalue weighted by atomic mass is 16.4. The van der Waals surface area contributed by atoms with Crippen molar-refractivity contribution in [2.75, 3.05) is 11.4 Å². The van der Waals surface area contributed by atoms with E-state index in [0.29, 0.717) is 11.6 Å². The minimum Gasteiger partial charge on any atom is -0.478 e. The summed E-state index contributed by atoms with van der Waals surface area (Å²) in [6.07, 6.45) is 8.22. The summed E-state index contributed by atoms with van der Waals surface area (Å²) in [5.41, 5.74) is 0.698. The summed E-state index contributed by atoms with van der Waals surface area (Å²) >= 11 is 0. The lowest BCUT2D eigenvalue weighted by molar-refractivity contribution is -0.131. The first kappa shape index (κ1) is 13.5. The van der Waals surface area contributed by atoms with Gasteiger partial charge in [-0.1, -0.05) is 6.92 Å². The molecule has 1 N–H and O–H groups in total. The summed E-state index contributed by atoms with van der Waals surface area (Å²) < 4.78 is 0. The Balaban J connectivity index is 2.08. The molecule has 0 aromatic carbocycles. The highest BCUT2D eigenvalue weighted by Gasteiger charge is 2.24. The first-order chi connectivity index (χ1) is 9.06. The number of anilines is 1. The molecule has 0 spiro atoms. The number of aromatic nitrogens is 2. The first-order valence-electron chi connectivity index (χ1n) is 6.56. The second-order valence-electron chi connectivity index (χ2n) is 5.16. The van der Waals surface area contributed by atoms with Crippen LogP contribution in [-0.4, -0.2) is 33.6 Å². The molecular weight excluding hydrogens is 242 g/mol. The molecule has 2 unspecified atom stereocenters. The third kappa shape index (κ3) is 3.53. The van der Waals surface area contributed by atoms with Crippen LogP contribution in [-0.2, 0) is 4.79 Å². The Bertz CT molecular complexity index is 470. The van der Waals surface area contributed by atoms with Gasteiger partial charge in [-0.3, -0.25) is 0 Å². The molecule has 2 heterocycles. The minimum atomic E-state index is -0.970. The van der Waals surface area contributed by atoms with Gasteiger partial charge in [0.05, 0.1) is 0 Å². The van der Waals surface area contributed by atoms with Crippen molar-refractivity contribution >= 4 is 18.0 Å². The molecule has 1 aromatic rings. The Labute approximate surface area is 113 Å². The molecule has 1 saturated heterocycles. The Hall–Kier alpha value is -1.91. The molecule has 19 heavy (non-hydrogen) atoms. The summed E-state index contributed by atoms with van der Waals surface area (Å²) in [4.78, 5) is 21.3. The lowest BCUT2D eigenvalue weighted by Gasteiger charge is -2.36. The number of hydrogen-bond donors (Lipinski definition) is 1. The lowest BCUT2D eigenvalue weighted by Crippen LogP contribution is -2.41. The molecule has 0 aliphatic carbocycles. The average molecular weight is 261 g/mol. The van der Waals surface area contributed by atoms with Crippen LogP contribution < -0.4 is 4.90 Å². The second-order valence-corrected chi connectivity index (χ2v) is 5.16. The number of nitrogens with zero attached hydrogens (tertiary/aromatic N) is 3. The second kappa shape index (κ2) is 5.82. The van der Waals surface area contributed by atoms with Gasteiger partial charge in [-0.2, -0.15) is 0 Å². The molecular formula is C14H19N3O2. The predicted octanol–water partition coefficient (Wildman–Crippen LogP) is 2.20. The molecule has 5 nitrogen and oxygen atoms in total. The van der Waals surface area contributed by atoms with Gasteiger partial charge in [-0.25, -0.2) is 14.8 Å². The zero-order chi connectivity index (χ0) is 13.8. The van der Waals surface area contributed by atoms with Crippen LogP contribution >= 0.6 is 0 Å². The minimum absolute atomic E-state index is 0.448. The fraction of sp³-hybridized carbons (Fsp3) is 0.500. The van der Waals surface area contributed by atoms with Crippen LogP contribution in [0.25, 0.3) is 6.08 Å². The van der Waals surface area contributed by atoms with E-state index in [9.17, 15) is 4.79 Å². The topological polar surface area (TPSA) is 66.3 Å². The fourth-order valence-corrected chi connectivity index (χ4v) is 2.44. The summed E-state index contributed by atoms with van der Waals surface area (Å²) in [5, 5.41) is 8.56. The molecule has 0 radical (unpaired) electrons. The lowest BCUT2D eigenvalue weighted by atomic mass is 9.94. The number of hydrogen-bond acceptors (Lipinski definition) is 4. The van der Waals surface area contributed by atoms with Gasteiger partial charge in [0.15, 0.2) is 0 Å². The van der Waals surface area contributed by atoms with E-state index in [2.05, 4.69) is 28.7 Å². The van der Waals surface area contributed by atoms with E-state index < -0.39 is 5.97 Å². The third-order valence-corrected chi connectivity index (χ3v) is 3.47.